The first-order valence-corrected chi connectivity index (χ1v) is 6.23. The third-order valence-electron chi connectivity index (χ3n) is 3.70. The van der Waals surface area contributed by atoms with Crippen molar-refractivity contribution >= 4 is 5.69 Å². The monoisotopic (exact) mass is 219 g/mol. The number of hydrogen-bond donors (Lipinski definition) is 2. The first-order valence-electron chi connectivity index (χ1n) is 6.23. The zero-order valence-electron chi connectivity index (χ0n) is 10.2. The Labute approximate surface area is 97.7 Å². The molecule has 1 aromatic carbocycles. The number of phenols is 1. The van der Waals surface area contributed by atoms with Crippen molar-refractivity contribution in [2.75, 3.05) is 5.32 Å². The molecule has 0 heterocycles. The van der Waals surface area contributed by atoms with Gasteiger partial charge < -0.3 is 10.4 Å². The van der Waals surface area contributed by atoms with Crippen LogP contribution < -0.4 is 5.32 Å². The van der Waals surface area contributed by atoms with Gasteiger partial charge in [-0.3, -0.25) is 0 Å². The summed E-state index contributed by atoms with van der Waals surface area (Å²) in [7, 11) is 0. The number of benzene rings is 1. The molecule has 16 heavy (non-hydrogen) atoms. The van der Waals surface area contributed by atoms with Crippen molar-refractivity contribution in [1.29, 1.82) is 0 Å². The maximum absolute atomic E-state index is 9.46. The summed E-state index contributed by atoms with van der Waals surface area (Å²) in [6.45, 7) is 4.19. The van der Waals surface area contributed by atoms with Crippen LogP contribution >= 0.6 is 0 Å². The molecule has 2 heteroatoms. The molecule has 2 rings (SSSR count). The zero-order chi connectivity index (χ0) is 11.5. The van der Waals surface area contributed by atoms with Gasteiger partial charge in [-0.05, 0) is 56.4 Å². The molecule has 1 aromatic rings. The van der Waals surface area contributed by atoms with Gasteiger partial charge >= 0.3 is 0 Å². The summed E-state index contributed by atoms with van der Waals surface area (Å²) >= 11 is 0. The SMILES string of the molecule is Cc1cc(NC(C)C2CCCC2)ccc1O. The molecule has 88 valence electrons. The minimum atomic E-state index is 0.374. The maximum Gasteiger partial charge on any atom is 0.118 e. The van der Waals surface area contributed by atoms with Crippen molar-refractivity contribution in [3.05, 3.63) is 23.8 Å². The highest BCUT2D eigenvalue weighted by atomic mass is 16.3. The standard InChI is InChI=1S/C14H21NO/c1-10-9-13(7-8-14(10)16)15-11(2)12-5-3-4-6-12/h7-9,11-12,15-16H,3-6H2,1-2H3. The number of rotatable bonds is 3. The molecule has 0 spiro atoms. The van der Waals surface area contributed by atoms with Gasteiger partial charge in [-0.15, -0.1) is 0 Å². The predicted octanol–water partition coefficient (Wildman–Crippen LogP) is 3.69. The van der Waals surface area contributed by atoms with Gasteiger partial charge in [-0.1, -0.05) is 12.8 Å². The van der Waals surface area contributed by atoms with E-state index < -0.39 is 0 Å². The fourth-order valence-corrected chi connectivity index (χ4v) is 2.58. The Balaban J connectivity index is 1.99. The summed E-state index contributed by atoms with van der Waals surface area (Å²) in [6.07, 6.45) is 5.47. The molecule has 2 N–H and O–H groups in total. The Kier molecular flexibility index (Phi) is 3.37. The summed E-state index contributed by atoms with van der Waals surface area (Å²) in [4.78, 5) is 0. The molecular weight excluding hydrogens is 198 g/mol. The third kappa shape index (κ3) is 2.49. The van der Waals surface area contributed by atoms with E-state index in [1.54, 1.807) is 6.07 Å². The van der Waals surface area contributed by atoms with Crippen molar-refractivity contribution in [1.82, 2.24) is 0 Å². The van der Waals surface area contributed by atoms with Gasteiger partial charge in [-0.25, -0.2) is 0 Å². The van der Waals surface area contributed by atoms with Crippen molar-refractivity contribution in [3.8, 4) is 5.75 Å². The van der Waals surface area contributed by atoms with E-state index in [0.29, 0.717) is 11.8 Å². The molecule has 0 saturated heterocycles. The van der Waals surface area contributed by atoms with Crippen LogP contribution in [-0.4, -0.2) is 11.1 Å². The van der Waals surface area contributed by atoms with Crippen molar-refractivity contribution in [2.45, 2.75) is 45.6 Å². The van der Waals surface area contributed by atoms with Crippen molar-refractivity contribution < 1.29 is 5.11 Å². The third-order valence-corrected chi connectivity index (χ3v) is 3.70. The Morgan fingerprint density at radius 1 is 1.31 bits per heavy atom. The number of anilines is 1. The van der Waals surface area contributed by atoms with Crippen LogP contribution in [-0.2, 0) is 0 Å². The van der Waals surface area contributed by atoms with Crippen LogP contribution in [0.15, 0.2) is 18.2 Å². The molecule has 1 aliphatic rings. The summed E-state index contributed by atoms with van der Waals surface area (Å²) < 4.78 is 0. The minimum Gasteiger partial charge on any atom is -0.508 e. The highest BCUT2D eigenvalue weighted by Gasteiger charge is 2.21. The van der Waals surface area contributed by atoms with E-state index in [-0.39, 0.29) is 0 Å². The topological polar surface area (TPSA) is 32.3 Å². The molecule has 0 aliphatic heterocycles. The van der Waals surface area contributed by atoms with Crippen LogP contribution in [0.4, 0.5) is 5.69 Å². The van der Waals surface area contributed by atoms with Crippen LogP contribution in [0.3, 0.4) is 0 Å². The normalized spacial score (nSPS) is 18.6. The molecule has 0 aromatic heterocycles. The van der Waals surface area contributed by atoms with Gasteiger partial charge in [-0.2, -0.15) is 0 Å². The second-order valence-corrected chi connectivity index (χ2v) is 4.98. The van der Waals surface area contributed by atoms with Crippen molar-refractivity contribution in [2.24, 2.45) is 5.92 Å². The quantitative estimate of drug-likeness (QED) is 0.760. The Morgan fingerprint density at radius 2 is 2.00 bits per heavy atom. The average molecular weight is 219 g/mol. The smallest absolute Gasteiger partial charge is 0.118 e. The Morgan fingerprint density at radius 3 is 2.62 bits per heavy atom. The summed E-state index contributed by atoms with van der Waals surface area (Å²) in [5.74, 6) is 1.19. The van der Waals surface area contributed by atoms with Gasteiger partial charge in [0.25, 0.3) is 0 Å². The van der Waals surface area contributed by atoms with Gasteiger partial charge in [0.1, 0.15) is 5.75 Å². The van der Waals surface area contributed by atoms with E-state index in [0.717, 1.165) is 17.2 Å². The molecule has 1 aliphatic carbocycles. The molecule has 0 amide bonds. The van der Waals surface area contributed by atoms with Crippen LogP contribution in [0, 0.1) is 12.8 Å². The van der Waals surface area contributed by atoms with Crippen molar-refractivity contribution in [3.63, 3.8) is 0 Å². The van der Waals surface area contributed by atoms with E-state index in [2.05, 4.69) is 12.2 Å². The number of aryl methyl sites for hydroxylation is 1. The molecule has 1 unspecified atom stereocenters. The minimum absolute atomic E-state index is 0.374. The van der Waals surface area contributed by atoms with E-state index in [4.69, 9.17) is 0 Å². The van der Waals surface area contributed by atoms with Gasteiger partial charge in [0.2, 0.25) is 0 Å². The van der Waals surface area contributed by atoms with Crippen LogP contribution in [0.25, 0.3) is 0 Å². The summed E-state index contributed by atoms with van der Waals surface area (Å²) in [5.41, 5.74) is 2.05. The Hall–Kier alpha value is -1.18. The van der Waals surface area contributed by atoms with Crippen LogP contribution in [0.1, 0.15) is 38.2 Å². The molecule has 1 fully saturated rings. The highest BCUT2D eigenvalue weighted by Crippen LogP contribution is 2.30. The van der Waals surface area contributed by atoms with E-state index in [9.17, 15) is 5.11 Å². The molecule has 1 atom stereocenters. The fraction of sp³-hybridized carbons (Fsp3) is 0.571. The summed E-state index contributed by atoms with van der Waals surface area (Å²) in [6, 6.07) is 6.26. The lowest BCUT2D eigenvalue weighted by molar-refractivity contribution is 0.470. The number of hydrogen-bond acceptors (Lipinski definition) is 2. The first kappa shape index (κ1) is 11.3. The number of aromatic hydroxyl groups is 1. The Bertz CT molecular complexity index is 356. The lowest BCUT2D eigenvalue weighted by atomic mass is 9.99. The second-order valence-electron chi connectivity index (χ2n) is 4.98. The van der Waals surface area contributed by atoms with E-state index >= 15 is 0 Å². The van der Waals surface area contributed by atoms with Gasteiger partial charge in [0.15, 0.2) is 0 Å². The molecule has 1 saturated carbocycles. The average Bonchev–Trinajstić information content (AvgIpc) is 2.77. The van der Waals surface area contributed by atoms with Crippen LogP contribution in [0.2, 0.25) is 0 Å². The first-order chi connectivity index (χ1) is 7.66. The predicted molar refractivity (Wildman–Crippen MR) is 67.9 cm³/mol. The molecule has 0 bridgehead atoms. The lowest BCUT2D eigenvalue weighted by Gasteiger charge is -2.21. The lowest BCUT2D eigenvalue weighted by Crippen LogP contribution is -2.23. The highest BCUT2D eigenvalue weighted by molar-refractivity contribution is 5.50. The van der Waals surface area contributed by atoms with E-state index in [1.807, 2.05) is 19.1 Å². The van der Waals surface area contributed by atoms with Crippen LogP contribution in [0.5, 0.6) is 5.75 Å². The zero-order valence-corrected chi connectivity index (χ0v) is 10.2. The molecule has 0 radical (unpaired) electrons. The van der Waals surface area contributed by atoms with E-state index in [1.165, 1.54) is 25.7 Å². The van der Waals surface area contributed by atoms with Gasteiger partial charge in [0.05, 0.1) is 0 Å². The number of phenolic OH excluding ortho intramolecular Hbond substituents is 1. The second kappa shape index (κ2) is 4.77. The maximum atomic E-state index is 9.46. The largest absolute Gasteiger partial charge is 0.508 e. The summed E-state index contributed by atoms with van der Waals surface area (Å²) in [5, 5.41) is 13.0. The fourth-order valence-electron chi connectivity index (χ4n) is 2.58. The molecule has 2 nitrogen and oxygen atoms in total. The van der Waals surface area contributed by atoms with Gasteiger partial charge in [0, 0.05) is 11.7 Å². The molecular formula is C14H21NO. The number of nitrogens with one attached hydrogen (secondary N) is 1.